The second kappa shape index (κ2) is 9.85. The van der Waals surface area contributed by atoms with E-state index in [1.807, 2.05) is 25.1 Å². The van der Waals surface area contributed by atoms with Gasteiger partial charge in [-0.05, 0) is 49.7 Å². The smallest absolute Gasteiger partial charge is 0.251 e. The average molecular weight is 421 g/mol. The molecule has 1 atom stereocenters. The van der Waals surface area contributed by atoms with Crippen molar-refractivity contribution in [1.82, 2.24) is 19.9 Å². The number of ether oxygens (including phenoxy) is 2. The lowest BCUT2D eigenvalue weighted by Gasteiger charge is -2.18. The molecular weight excluding hydrogens is 392 g/mol. The van der Waals surface area contributed by atoms with Crippen molar-refractivity contribution in [1.29, 1.82) is 0 Å². The fourth-order valence-electron chi connectivity index (χ4n) is 4.06. The Kier molecular flexibility index (Phi) is 6.74. The van der Waals surface area contributed by atoms with Crippen molar-refractivity contribution in [2.45, 2.75) is 32.4 Å². The predicted molar refractivity (Wildman–Crippen MR) is 119 cm³/mol. The van der Waals surface area contributed by atoms with Gasteiger partial charge in [0.2, 0.25) is 0 Å². The summed E-state index contributed by atoms with van der Waals surface area (Å²) in [5, 5.41) is 0. The molecule has 0 amide bonds. The first-order valence-electron chi connectivity index (χ1n) is 10.6. The maximum Gasteiger partial charge on any atom is 0.251 e. The summed E-state index contributed by atoms with van der Waals surface area (Å²) in [5.74, 6) is 1.69. The zero-order valence-electron chi connectivity index (χ0n) is 18.0. The zero-order chi connectivity index (χ0) is 21.6. The number of nitrogens with one attached hydrogen (secondary N) is 1. The van der Waals surface area contributed by atoms with Gasteiger partial charge in [0, 0.05) is 55.2 Å². The SMILES string of the molecule is CCOCc1cc(CN2CC[C@H](c3cc(=O)[nH]c(-c4ccncc4)n3)C2)ccc1OC. The Morgan fingerprint density at radius 2 is 2.03 bits per heavy atom. The van der Waals surface area contributed by atoms with Gasteiger partial charge in [-0.1, -0.05) is 6.07 Å². The molecule has 0 spiro atoms. The summed E-state index contributed by atoms with van der Waals surface area (Å²) < 4.78 is 11.0. The van der Waals surface area contributed by atoms with Crippen molar-refractivity contribution in [2.24, 2.45) is 0 Å². The van der Waals surface area contributed by atoms with Gasteiger partial charge in [-0.3, -0.25) is 14.7 Å². The van der Waals surface area contributed by atoms with E-state index in [2.05, 4.69) is 27.0 Å². The van der Waals surface area contributed by atoms with E-state index in [9.17, 15) is 4.79 Å². The number of H-pyrrole nitrogens is 1. The van der Waals surface area contributed by atoms with Crippen LogP contribution in [-0.4, -0.2) is 46.7 Å². The van der Waals surface area contributed by atoms with Crippen LogP contribution in [0.5, 0.6) is 5.75 Å². The summed E-state index contributed by atoms with van der Waals surface area (Å²) >= 11 is 0. The van der Waals surface area contributed by atoms with Crippen LogP contribution in [0.1, 0.15) is 36.1 Å². The van der Waals surface area contributed by atoms with Crippen molar-refractivity contribution in [3.05, 3.63) is 76.0 Å². The summed E-state index contributed by atoms with van der Waals surface area (Å²) in [6.45, 7) is 5.90. The van der Waals surface area contributed by atoms with Gasteiger partial charge in [0.15, 0.2) is 0 Å². The monoisotopic (exact) mass is 420 g/mol. The molecule has 1 N–H and O–H groups in total. The standard InChI is InChI=1S/C24H28N4O3/c1-3-31-16-20-12-17(4-5-22(20)30-2)14-28-11-8-19(15-28)21-13-23(29)27-24(26-21)18-6-9-25-10-7-18/h4-7,9-10,12-13,19H,3,8,11,14-16H2,1-2H3,(H,26,27,29)/t19-/m0/s1. The molecule has 4 rings (SSSR count). The summed E-state index contributed by atoms with van der Waals surface area (Å²) in [6, 6.07) is 11.6. The molecule has 3 heterocycles. The molecule has 1 aliphatic rings. The van der Waals surface area contributed by atoms with Crippen LogP contribution < -0.4 is 10.3 Å². The van der Waals surface area contributed by atoms with E-state index in [4.69, 9.17) is 14.5 Å². The highest BCUT2D eigenvalue weighted by molar-refractivity contribution is 5.53. The molecule has 0 aliphatic carbocycles. The van der Waals surface area contributed by atoms with Crippen LogP contribution in [0, 0.1) is 0 Å². The fourth-order valence-corrected chi connectivity index (χ4v) is 4.06. The highest BCUT2D eigenvalue weighted by Gasteiger charge is 2.26. The Bertz CT molecular complexity index is 1070. The minimum absolute atomic E-state index is 0.119. The van der Waals surface area contributed by atoms with Crippen LogP contribution in [0.4, 0.5) is 0 Å². The predicted octanol–water partition coefficient (Wildman–Crippen LogP) is 3.37. The lowest BCUT2D eigenvalue weighted by Crippen LogP contribution is -2.21. The molecule has 0 saturated carbocycles. The third kappa shape index (κ3) is 5.18. The number of aromatic amines is 1. The molecule has 3 aromatic rings. The van der Waals surface area contributed by atoms with E-state index in [-0.39, 0.29) is 11.5 Å². The third-order valence-electron chi connectivity index (χ3n) is 5.62. The van der Waals surface area contributed by atoms with E-state index in [1.54, 1.807) is 25.6 Å². The van der Waals surface area contributed by atoms with Crippen LogP contribution in [-0.2, 0) is 17.9 Å². The highest BCUT2D eigenvalue weighted by atomic mass is 16.5. The molecule has 1 aliphatic heterocycles. The molecular formula is C24H28N4O3. The molecule has 1 saturated heterocycles. The van der Waals surface area contributed by atoms with Crippen LogP contribution in [0.3, 0.4) is 0 Å². The van der Waals surface area contributed by atoms with Gasteiger partial charge < -0.3 is 14.5 Å². The Balaban J connectivity index is 1.47. The molecule has 1 aromatic carbocycles. The normalized spacial score (nSPS) is 16.5. The second-order valence-corrected chi connectivity index (χ2v) is 7.76. The van der Waals surface area contributed by atoms with Crippen molar-refractivity contribution in [3.8, 4) is 17.1 Å². The Labute approximate surface area is 182 Å². The first-order valence-corrected chi connectivity index (χ1v) is 10.6. The number of hydrogen-bond donors (Lipinski definition) is 1. The summed E-state index contributed by atoms with van der Waals surface area (Å²) in [4.78, 5) is 26.3. The van der Waals surface area contributed by atoms with E-state index >= 15 is 0 Å². The van der Waals surface area contributed by atoms with Crippen LogP contribution in [0.25, 0.3) is 11.4 Å². The third-order valence-corrected chi connectivity index (χ3v) is 5.62. The number of aromatic nitrogens is 3. The van der Waals surface area contributed by atoms with Crippen molar-refractivity contribution < 1.29 is 9.47 Å². The van der Waals surface area contributed by atoms with Crippen molar-refractivity contribution in [2.75, 3.05) is 26.8 Å². The average Bonchev–Trinajstić information content (AvgIpc) is 3.26. The Morgan fingerprint density at radius 3 is 2.81 bits per heavy atom. The topological polar surface area (TPSA) is 80.3 Å². The maximum absolute atomic E-state index is 12.2. The summed E-state index contributed by atoms with van der Waals surface area (Å²) in [6.07, 6.45) is 4.39. The quantitative estimate of drug-likeness (QED) is 0.602. The molecule has 7 heteroatoms. The van der Waals surface area contributed by atoms with Crippen molar-refractivity contribution >= 4 is 0 Å². The number of nitrogens with zero attached hydrogens (tertiary/aromatic N) is 3. The van der Waals surface area contributed by atoms with Gasteiger partial charge in [-0.2, -0.15) is 0 Å². The number of likely N-dealkylation sites (tertiary alicyclic amines) is 1. The lowest BCUT2D eigenvalue weighted by atomic mass is 10.0. The number of hydrogen-bond acceptors (Lipinski definition) is 6. The number of rotatable bonds is 8. The molecule has 7 nitrogen and oxygen atoms in total. The Morgan fingerprint density at radius 1 is 1.19 bits per heavy atom. The van der Waals surface area contributed by atoms with Gasteiger partial charge in [0.1, 0.15) is 11.6 Å². The summed E-state index contributed by atoms with van der Waals surface area (Å²) in [5.41, 5.74) is 3.89. The zero-order valence-corrected chi connectivity index (χ0v) is 18.0. The number of pyridine rings is 1. The molecule has 0 bridgehead atoms. The number of methoxy groups -OCH3 is 1. The van der Waals surface area contributed by atoms with Gasteiger partial charge >= 0.3 is 0 Å². The van der Waals surface area contributed by atoms with Gasteiger partial charge in [-0.25, -0.2) is 4.98 Å². The van der Waals surface area contributed by atoms with Gasteiger partial charge in [0.25, 0.3) is 5.56 Å². The number of benzene rings is 1. The summed E-state index contributed by atoms with van der Waals surface area (Å²) in [7, 11) is 1.68. The largest absolute Gasteiger partial charge is 0.496 e. The molecule has 2 aromatic heterocycles. The molecule has 162 valence electrons. The Hall–Kier alpha value is -3.03. The highest BCUT2D eigenvalue weighted by Crippen LogP contribution is 2.28. The minimum atomic E-state index is -0.119. The van der Waals surface area contributed by atoms with Crippen LogP contribution in [0.2, 0.25) is 0 Å². The minimum Gasteiger partial charge on any atom is -0.496 e. The van der Waals surface area contributed by atoms with E-state index in [0.29, 0.717) is 19.0 Å². The van der Waals surface area contributed by atoms with E-state index in [1.165, 1.54) is 5.56 Å². The van der Waals surface area contributed by atoms with Gasteiger partial charge in [-0.15, -0.1) is 0 Å². The van der Waals surface area contributed by atoms with E-state index in [0.717, 1.165) is 48.6 Å². The molecule has 31 heavy (non-hydrogen) atoms. The van der Waals surface area contributed by atoms with Crippen molar-refractivity contribution in [3.63, 3.8) is 0 Å². The maximum atomic E-state index is 12.2. The van der Waals surface area contributed by atoms with E-state index < -0.39 is 0 Å². The van der Waals surface area contributed by atoms with Gasteiger partial charge in [0.05, 0.1) is 19.4 Å². The fraction of sp³-hybridized carbons (Fsp3) is 0.375. The van der Waals surface area contributed by atoms with Crippen LogP contribution in [0.15, 0.2) is 53.6 Å². The first kappa shape index (κ1) is 21.2. The first-order chi connectivity index (χ1) is 15.2. The molecule has 0 radical (unpaired) electrons. The molecule has 0 unspecified atom stereocenters. The lowest BCUT2D eigenvalue weighted by molar-refractivity contribution is 0.132. The van der Waals surface area contributed by atoms with Crippen LogP contribution >= 0.6 is 0 Å². The molecule has 1 fully saturated rings. The second-order valence-electron chi connectivity index (χ2n) is 7.76.